The zero-order chi connectivity index (χ0) is 13.9. The van der Waals surface area contributed by atoms with Crippen LogP contribution in [0.25, 0.3) is 0 Å². The molecule has 1 rings (SSSR count). The van der Waals surface area contributed by atoms with Gasteiger partial charge in [-0.15, -0.1) is 0 Å². The molecule has 18 heavy (non-hydrogen) atoms. The Morgan fingerprint density at radius 1 is 1.44 bits per heavy atom. The topological polar surface area (TPSA) is 110 Å². The second-order valence-electron chi connectivity index (χ2n) is 3.49. The summed E-state index contributed by atoms with van der Waals surface area (Å²) in [5, 5.41) is 21.4. The highest BCUT2D eigenvalue weighted by Crippen LogP contribution is 2.20. The maximum absolute atomic E-state index is 11.6. The van der Waals surface area contributed by atoms with E-state index in [1.54, 1.807) is 0 Å². The summed E-state index contributed by atoms with van der Waals surface area (Å²) in [4.78, 5) is 32.1. The van der Waals surface area contributed by atoms with Crippen LogP contribution in [0.3, 0.4) is 0 Å². The molecule has 0 aromatic heterocycles. The molecule has 7 nitrogen and oxygen atoms in total. The Hall–Kier alpha value is -2.15. The molecule has 0 saturated heterocycles. The van der Waals surface area contributed by atoms with Gasteiger partial charge in [-0.05, 0) is 13.0 Å². The molecule has 1 aromatic rings. The minimum absolute atomic E-state index is 0.0253. The minimum Gasteiger partial charge on any atom is -0.480 e. The van der Waals surface area contributed by atoms with Gasteiger partial charge in [-0.3, -0.25) is 19.7 Å². The number of hydrogen-bond acceptors (Lipinski definition) is 4. The summed E-state index contributed by atoms with van der Waals surface area (Å²) in [7, 11) is 0. The van der Waals surface area contributed by atoms with Crippen LogP contribution in [0.2, 0.25) is 5.02 Å². The molecule has 0 aliphatic rings. The van der Waals surface area contributed by atoms with Crippen molar-refractivity contribution in [2.45, 2.75) is 13.0 Å². The Balaban J connectivity index is 2.99. The van der Waals surface area contributed by atoms with Crippen molar-refractivity contribution >= 4 is 29.2 Å². The SMILES string of the molecule is C[C@H](NC(=O)c1cc(Cl)cc([N+](=O)[O-])c1)C(=O)O. The number of carbonyl (C=O) groups is 2. The highest BCUT2D eigenvalue weighted by atomic mass is 35.5. The summed E-state index contributed by atoms with van der Waals surface area (Å²) in [5.74, 6) is -1.95. The lowest BCUT2D eigenvalue weighted by Crippen LogP contribution is -2.38. The lowest BCUT2D eigenvalue weighted by atomic mass is 10.2. The van der Waals surface area contributed by atoms with Crippen molar-refractivity contribution in [1.82, 2.24) is 5.32 Å². The van der Waals surface area contributed by atoms with Crippen molar-refractivity contribution in [1.29, 1.82) is 0 Å². The molecule has 96 valence electrons. The van der Waals surface area contributed by atoms with Gasteiger partial charge in [-0.25, -0.2) is 0 Å². The van der Waals surface area contributed by atoms with Gasteiger partial charge in [0.15, 0.2) is 0 Å². The first-order chi connectivity index (χ1) is 8.31. The maximum Gasteiger partial charge on any atom is 0.325 e. The van der Waals surface area contributed by atoms with Crippen LogP contribution in [0.5, 0.6) is 0 Å². The fraction of sp³-hybridized carbons (Fsp3) is 0.200. The summed E-state index contributed by atoms with van der Waals surface area (Å²) < 4.78 is 0. The molecule has 0 saturated carbocycles. The average Bonchev–Trinajstić information content (AvgIpc) is 2.27. The van der Waals surface area contributed by atoms with Crippen LogP contribution < -0.4 is 5.32 Å². The summed E-state index contributed by atoms with van der Waals surface area (Å²) in [5.41, 5.74) is -0.405. The molecule has 0 radical (unpaired) electrons. The standard InChI is InChI=1S/C10H9ClN2O5/c1-5(10(15)16)12-9(14)6-2-7(11)4-8(3-6)13(17)18/h2-5H,1H3,(H,12,14)(H,15,16)/t5-/m0/s1. The van der Waals surface area contributed by atoms with Crippen LogP contribution in [0.15, 0.2) is 18.2 Å². The third-order valence-corrected chi connectivity index (χ3v) is 2.29. The Labute approximate surface area is 107 Å². The van der Waals surface area contributed by atoms with Gasteiger partial charge in [-0.1, -0.05) is 11.6 Å². The molecule has 0 aliphatic carbocycles. The molecule has 0 spiro atoms. The highest BCUT2D eigenvalue weighted by Gasteiger charge is 2.18. The number of nitrogens with zero attached hydrogens (tertiary/aromatic N) is 1. The van der Waals surface area contributed by atoms with Gasteiger partial charge in [0.05, 0.1) is 4.92 Å². The molecular formula is C10H9ClN2O5. The number of aliphatic carboxylic acids is 1. The Morgan fingerprint density at radius 2 is 2.06 bits per heavy atom. The Bertz CT molecular complexity index is 517. The van der Waals surface area contributed by atoms with Crippen LogP contribution in [-0.2, 0) is 4.79 Å². The second kappa shape index (κ2) is 5.46. The Morgan fingerprint density at radius 3 is 2.56 bits per heavy atom. The number of carbonyl (C=O) groups excluding carboxylic acids is 1. The van der Waals surface area contributed by atoms with E-state index in [4.69, 9.17) is 16.7 Å². The first kappa shape index (κ1) is 13.9. The zero-order valence-corrected chi connectivity index (χ0v) is 9.97. The number of nitrogens with one attached hydrogen (secondary N) is 1. The van der Waals surface area contributed by atoms with Crippen LogP contribution in [0.4, 0.5) is 5.69 Å². The van der Waals surface area contributed by atoms with Gasteiger partial charge in [0.2, 0.25) is 0 Å². The smallest absolute Gasteiger partial charge is 0.325 e. The lowest BCUT2D eigenvalue weighted by Gasteiger charge is -2.09. The van der Waals surface area contributed by atoms with Gasteiger partial charge in [0.25, 0.3) is 11.6 Å². The summed E-state index contributed by atoms with van der Waals surface area (Å²) in [6.07, 6.45) is 0. The Kier molecular flexibility index (Phi) is 4.22. The van der Waals surface area contributed by atoms with E-state index in [1.807, 2.05) is 0 Å². The summed E-state index contributed by atoms with van der Waals surface area (Å²) in [6.45, 7) is 1.28. The molecule has 1 amide bonds. The van der Waals surface area contributed by atoms with E-state index in [9.17, 15) is 19.7 Å². The normalized spacial score (nSPS) is 11.7. The molecule has 0 fully saturated rings. The van der Waals surface area contributed by atoms with Crippen molar-refractivity contribution in [3.63, 3.8) is 0 Å². The first-order valence-electron chi connectivity index (χ1n) is 4.80. The van der Waals surface area contributed by atoms with Crippen molar-refractivity contribution in [3.05, 3.63) is 38.9 Å². The minimum atomic E-state index is -1.21. The largest absolute Gasteiger partial charge is 0.480 e. The average molecular weight is 273 g/mol. The molecule has 2 N–H and O–H groups in total. The van der Waals surface area contributed by atoms with Crippen molar-refractivity contribution in [2.24, 2.45) is 0 Å². The number of nitro benzene ring substituents is 1. The fourth-order valence-electron chi connectivity index (χ4n) is 1.15. The van der Waals surface area contributed by atoms with Gasteiger partial charge < -0.3 is 10.4 Å². The second-order valence-corrected chi connectivity index (χ2v) is 3.93. The van der Waals surface area contributed by atoms with Crippen LogP contribution in [0.1, 0.15) is 17.3 Å². The van der Waals surface area contributed by atoms with E-state index in [-0.39, 0.29) is 16.3 Å². The number of rotatable bonds is 4. The van der Waals surface area contributed by atoms with Gasteiger partial charge in [0, 0.05) is 22.7 Å². The third-order valence-electron chi connectivity index (χ3n) is 2.07. The molecule has 0 aliphatic heterocycles. The molecule has 1 atom stereocenters. The first-order valence-corrected chi connectivity index (χ1v) is 5.17. The van der Waals surface area contributed by atoms with Gasteiger partial charge in [-0.2, -0.15) is 0 Å². The van der Waals surface area contributed by atoms with Crippen LogP contribution in [-0.4, -0.2) is 27.9 Å². The van der Waals surface area contributed by atoms with E-state index in [2.05, 4.69) is 5.32 Å². The quantitative estimate of drug-likeness (QED) is 0.637. The predicted molar refractivity (Wildman–Crippen MR) is 62.7 cm³/mol. The summed E-state index contributed by atoms with van der Waals surface area (Å²) in [6, 6.07) is 2.24. The molecule has 0 bridgehead atoms. The van der Waals surface area contributed by atoms with Crippen molar-refractivity contribution in [2.75, 3.05) is 0 Å². The predicted octanol–water partition coefficient (Wildman–Crippen LogP) is 1.45. The molecule has 0 heterocycles. The highest BCUT2D eigenvalue weighted by molar-refractivity contribution is 6.31. The third kappa shape index (κ3) is 3.42. The number of non-ortho nitro benzene ring substituents is 1. The number of carboxylic acids is 1. The number of carboxylic acid groups (broad SMARTS) is 1. The summed E-state index contributed by atoms with van der Waals surface area (Å²) >= 11 is 5.64. The fourth-order valence-corrected chi connectivity index (χ4v) is 1.38. The number of halogens is 1. The number of benzene rings is 1. The van der Waals surface area contributed by atoms with Crippen LogP contribution in [0, 0.1) is 10.1 Å². The molecular weight excluding hydrogens is 264 g/mol. The van der Waals surface area contributed by atoms with Gasteiger partial charge >= 0.3 is 5.97 Å². The van der Waals surface area contributed by atoms with E-state index >= 15 is 0 Å². The van der Waals surface area contributed by atoms with Crippen molar-refractivity contribution in [3.8, 4) is 0 Å². The van der Waals surface area contributed by atoms with Gasteiger partial charge in [0.1, 0.15) is 6.04 Å². The van der Waals surface area contributed by atoms with E-state index < -0.39 is 22.8 Å². The molecule has 1 aromatic carbocycles. The zero-order valence-electron chi connectivity index (χ0n) is 9.21. The maximum atomic E-state index is 11.6. The van der Waals surface area contributed by atoms with Crippen LogP contribution >= 0.6 is 11.6 Å². The van der Waals surface area contributed by atoms with E-state index in [0.29, 0.717) is 0 Å². The number of hydrogen-bond donors (Lipinski definition) is 2. The molecule has 0 unspecified atom stereocenters. The molecule has 8 heteroatoms. The van der Waals surface area contributed by atoms with Crippen molar-refractivity contribution < 1.29 is 19.6 Å². The van der Waals surface area contributed by atoms with E-state index in [0.717, 1.165) is 12.1 Å². The monoisotopic (exact) mass is 272 g/mol. The lowest BCUT2D eigenvalue weighted by molar-refractivity contribution is -0.384. The number of nitro groups is 1. The number of amides is 1. The van der Waals surface area contributed by atoms with E-state index in [1.165, 1.54) is 13.0 Å².